The summed E-state index contributed by atoms with van der Waals surface area (Å²) in [5.74, 6) is -1.14. The van der Waals surface area contributed by atoms with Crippen LogP contribution in [0.3, 0.4) is 0 Å². The molecule has 6 heteroatoms. The number of rotatable bonds is 5. The minimum Gasteiger partial charge on any atom is -0.309 e. The fourth-order valence-corrected chi connectivity index (χ4v) is 4.86. The minimum atomic E-state index is -0.954. The van der Waals surface area contributed by atoms with Gasteiger partial charge in [0.05, 0.1) is 23.5 Å². The van der Waals surface area contributed by atoms with E-state index in [9.17, 15) is 13.6 Å². The number of amides is 1. The molecule has 1 aromatic heterocycles. The number of carbonyl (C=O) groups is 1. The van der Waals surface area contributed by atoms with Gasteiger partial charge >= 0.3 is 0 Å². The summed E-state index contributed by atoms with van der Waals surface area (Å²) in [6, 6.07) is 11.8. The number of nitrogens with one attached hydrogen (secondary N) is 1. The van der Waals surface area contributed by atoms with Crippen LogP contribution in [0.4, 0.5) is 14.6 Å². The van der Waals surface area contributed by atoms with Crippen LogP contribution >= 0.6 is 0 Å². The number of hydrogen-bond donors (Lipinski definition) is 1. The van der Waals surface area contributed by atoms with E-state index in [1.807, 2.05) is 12.1 Å². The number of halogens is 2. The summed E-state index contributed by atoms with van der Waals surface area (Å²) in [6.07, 6.45) is 7.17. The van der Waals surface area contributed by atoms with E-state index >= 15 is 0 Å². The Hall–Kier alpha value is -3.15. The zero-order valence-electron chi connectivity index (χ0n) is 17.8. The lowest BCUT2D eigenvalue weighted by Gasteiger charge is -2.21. The summed E-state index contributed by atoms with van der Waals surface area (Å²) in [7, 11) is 0. The van der Waals surface area contributed by atoms with Gasteiger partial charge < -0.3 is 5.32 Å². The third kappa shape index (κ3) is 4.27. The molecule has 1 fully saturated rings. The van der Waals surface area contributed by atoms with Gasteiger partial charge in [-0.2, -0.15) is 0 Å². The molecule has 4 nitrogen and oxygen atoms in total. The molecule has 1 amide bonds. The summed E-state index contributed by atoms with van der Waals surface area (Å²) in [4.78, 5) is 22.6. The molecule has 0 saturated heterocycles. The standard InChI is InChI=1S/C26H25F2N3O/c27-20-11-9-17(13-21(20)28)15-24(32)31-26-23(14-16-5-1-2-6-16)29-25-19-8-4-3-7-18(19)10-12-22(25)30-26/h3-4,7-9,11,13,16H,1-2,5-6,10,12,14-15H2,(H,30,31,32). The largest absolute Gasteiger partial charge is 0.309 e. The molecule has 0 bridgehead atoms. The molecule has 2 aromatic carbocycles. The Morgan fingerprint density at radius 2 is 1.81 bits per heavy atom. The van der Waals surface area contributed by atoms with Crippen LogP contribution in [-0.4, -0.2) is 15.9 Å². The van der Waals surface area contributed by atoms with Crippen molar-refractivity contribution in [1.29, 1.82) is 0 Å². The highest BCUT2D eigenvalue weighted by molar-refractivity contribution is 5.92. The van der Waals surface area contributed by atoms with Crippen LogP contribution in [0.15, 0.2) is 42.5 Å². The van der Waals surface area contributed by atoms with E-state index < -0.39 is 11.6 Å². The highest BCUT2D eigenvalue weighted by Gasteiger charge is 2.25. The highest BCUT2D eigenvalue weighted by Crippen LogP contribution is 2.35. The monoisotopic (exact) mass is 433 g/mol. The molecule has 0 unspecified atom stereocenters. The Morgan fingerprint density at radius 3 is 2.62 bits per heavy atom. The Labute approximate surface area is 186 Å². The molecule has 0 radical (unpaired) electrons. The first-order valence-corrected chi connectivity index (χ1v) is 11.3. The second-order valence-corrected chi connectivity index (χ2v) is 8.80. The third-order valence-corrected chi connectivity index (χ3v) is 6.51. The highest BCUT2D eigenvalue weighted by atomic mass is 19.2. The van der Waals surface area contributed by atoms with E-state index in [0.717, 1.165) is 66.9 Å². The first-order valence-electron chi connectivity index (χ1n) is 11.3. The van der Waals surface area contributed by atoms with E-state index in [-0.39, 0.29) is 12.3 Å². The molecular weight excluding hydrogens is 408 g/mol. The Morgan fingerprint density at radius 1 is 1.00 bits per heavy atom. The average Bonchev–Trinajstić information content (AvgIpc) is 3.30. The van der Waals surface area contributed by atoms with Gasteiger partial charge in [0.25, 0.3) is 0 Å². The summed E-state index contributed by atoms with van der Waals surface area (Å²) in [5, 5.41) is 2.91. The molecule has 164 valence electrons. The lowest BCUT2D eigenvalue weighted by molar-refractivity contribution is -0.115. The zero-order valence-corrected chi connectivity index (χ0v) is 17.8. The summed E-state index contributed by atoms with van der Waals surface area (Å²) >= 11 is 0. The van der Waals surface area contributed by atoms with E-state index in [2.05, 4.69) is 17.4 Å². The van der Waals surface area contributed by atoms with Crippen molar-refractivity contribution in [1.82, 2.24) is 9.97 Å². The number of nitrogens with zero attached hydrogens (tertiary/aromatic N) is 2. The van der Waals surface area contributed by atoms with Crippen molar-refractivity contribution in [3.8, 4) is 11.3 Å². The number of aromatic nitrogens is 2. The lowest BCUT2D eigenvalue weighted by Crippen LogP contribution is -2.20. The van der Waals surface area contributed by atoms with Crippen molar-refractivity contribution < 1.29 is 13.6 Å². The van der Waals surface area contributed by atoms with Gasteiger partial charge in [0.1, 0.15) is 0 Å². The van der Waals surface area contributed by atoms with Gasteiger partial charge in [-0.1, -0.05) is 56.0 Å². The van der Waals surface area contributed by atoms with E-state index in [4.69, 9.17) is 9.97 Å². The van der Waals surface area contributed by atoms with Crippen molar-refractivity contribution in [3.63, 3.8) is 0 Å². The van der Waals surface area contributed by atoms with Gasteiger partial charge in [-0.15, -0.1) is 0 Å². The van der Waals surface area contributed by atoms with Crippen molar-refractivity contribution in [2.45, 2.75) is 51.4 Å². The molecule has 32 heavy (non-hydrogen) atoms. The van der Waals surface area contributed by atoms with E-state index in [0.29, 0.717) is 17.3 Å². The van der Waals surface area contributed by atoms with Gasteiger partial charge in [0, 0.05) is 5.56 Å². The maximum atomic E-state index is 13.5. The Balaban J connectivity index is 1.45. The average molecular weight is 434 g/mol. The van der Waals surface area contributed by atoms with E-state index in [1.54, 1.807) is 0 Å². The predicted molar refractivity (Wildman–Crippen MR) is 119 cm³/mol. The van der Waals surface area contributed by atoms with Crippen molar-refractivity contribution in [2.75, 3.05) is 5.32 Å². The molecule has 3 aromatic rings. The number of anilines is 1. The number of carbonyl (C=O) groups excluding carboxylic acids is 1. The van der Waals surface area contributed by atoms with Crippen LogP contribution in [0, 0.1) is 17.6 Å². The Kier molecular flexibility index (Phi) is 5.68. The molecule has 2 aliphatic rings. The van der Waals surface area contributed by atoms with Gasteiger partial charge in [-0.25, -0.2) is 18.7 Å². The lowest BCUT2D eigenvalue weighted by atomic mass is 9.91. The minimum absolute atomic E-state index is 0.0539. The fourth-order valence-electron chi connectivity index (χ4n) is 4.86. The summed E-state index contributed by atoms with van der Waals surface area (Å²) in [6.45, 7) is 0. The number of fused-ring (bicyclic) bond motifs is 3. The second-order valence-electron chi connectivity index (χ2n) is 8.80. The van der Waals surface area contributed by atoms with Crippen LogP contribution in [-0.2, 0) is 30.5 Å². The molecule has 2 aliphatic carbocycles. The number of hydrogen-bond acceptors (Lipinski definition) is 3. The predicted octanol–water partition coefficient (Wildman–Crippen LogP) is 5.43. The molecule has 1 N–H and O–H groups in total. The molecule has 1 heterocycles. The topological polar surface area (TPSA) is 54.9 Å². The maximum absolute atomic E-state index is 13.5. The quantitative estimate of drug-likeness (QED) is 0.583. The molecule has 5 rings (SSSR count). The smallest absolute Gasteiger partial charge is 0.229 e. The normalized spacial score (nSPS) is 15.3. The first kappa shape index (κ1) is 20.7. The third-order valence-electron chi connectivity index (χ3n) is 6.51. The van der Waals surface area contributed by atoms with Crippen LogP contribution in [0.1, 0.15) is 48.2 Å². The molecule has 1 saturated carbocycles. The van der Waals surface area contributed by atoms with Crippen LogP contribution in [0.2, 0.25) is 0 Å². The van der Waals surface area contributed by atoms with Crippen LogP contribution < -0.4 is 5.32 Å². The summed E-state index contributed by atoms with van der Waals surface area (Å²) < 4.78 is 26.7. The maximum Gasteiger partial charge on any atom is 0.229 e. The van der Waals surface area contributed by atoms with Crippen molar-refractivity contribution >= 4 is 11.7 Å². The van der Waals surface area contributed by atoms with Gasteiger partial charge in [-0.05, 0) is 48.4 Å². The Bertz CT molecular complexity index is 1170. The van der Waals surface area contributed by atoms with Gasteiger partial charge in [-0.3, -0.25) is 4.79 Å². The second kappa shape index (κ2) is 8.77. The number of aryl methyl sites for hydroxylation is 2. The number of benzene rings is 2. The zero-order chi connectivity index (χ0) is 22.1. The van der Waals surface area contributed by atoms with Crippen LogP contribution in [0.5, 0.6) is 0 Å². The van der Waals surface area contributed by atoms with Gasteiger partial charge in [0.15, 0.2) is 17.5 Å². The van der Waals surface area contributed by atoms with Crippen molar-refractivity contribution in [2.24, 2.45) is 5.92 Å². The van der Waals surface area contributed by atoms with Crippen molar-refractivity contribution in [3.05, 3.63) is 76.6 Å². The van der Waals surface area contributed by atoms with Crippen LogP contribution in [0.25, 0.3) is 11.3 Å². The molecule has 0 atom stereocenters. The van der Waals surface area contributed by atoms with E-state index in [1.165, 1.54) is 24.5 Å². The SMILES string of the molecule is O=C(Cc1ccc(F)c(F)c1)Nc1nc2c(nc1CC1CCCC1)-c1ccccc1CC2. The molecule has 0 spiro atoms. The molecular formula is C26H25F2N3O. The van der Waals surface area contributed by atoms with Gasteiger partial charge in [0.2, 0.25) is 5.91 Å². The first-order chi connectivity index (χ1) is 15.6. The fraction of sp³-hybridized carbons (Fsp3) is 0.346. The molecule has 0 aliphatic heterocycles. The summed E-state index contributed by atoms with van der Waals surface area (Å²) in [5.41, 5.74) is 5.43.